The summed E-state index contributed by atoms with van der Waals surface area (Å²) in [4.78, 5) is 0. The molecule has 0 rings (SSSR count). The number of unbranched alkanes of at least 4 members (excludes halogenated alkanes) is 1. The molecule has 0 atom stereocenters. The Morgan fingerprint density at radius 3 is 1.29 bits per heavy atom. The topological polar surface area (TPSA) is 0 Å². The largest absolute Gasteiger partial charge is 0.0928 e. The molecule has 0 fully saturated rings. The van der Waals surface area contributed by atoms with E-state index < -0.39 is 0 Å². The van der Waals surface area contributed by atoms with Gasteiger partial charge in [-0.1, -0.05) is 31.9 Å². The molecule has 0 aliphatic heterocycles. The molecule has 0 aromatic rings. The zero-order valence-corrected chi connectivity index (χ0v) is 9.76. The van der Waals surface area contributed by atoms with E-state index in [0.717, 1.165) is 10.7 Å². The third-order valence-electron chi connectivity index (χ3n) is 0.517. The fourth-order valence-corrected chi connectivity index (χ4v) is 0.982. The zero-order valence-electron chi connectivity index (χ0n) is 4.58. The second-order valence-corrected chi connectivity index (χ2v) is 2.67. The molecule has 0 aromatic carbocycles. The van der Waals surface area contributed by atoms with Crippen molar-refractivity contribution in [3.63, 3.8) is 0 Å². The van der Waals surface area contributed by atoms with Crippen molar-refractivity contribution in [2.24, 2.45) is 0 Å². The molecule has 0 amide bonds. The van der Waals surface area contributed by atoms with Crippen LogP contribution >= 0.6 is 31.9 Å². The van der Waals surface area contributed by atoms with Gasteiger partial charge in [0.15, 0.2) is 0 Å². The van der Waals surface area contributed by atoms with Gasteiger partial charge in [-0.25, -0.2) is 0 Å². The molecule has 0 spiro atoms. The maximum Gasteiger partial charge on any atom is 0.00315 e. The summed E-state index contributed by atoms with van der Waals surface area (Å²) in [5.41, 5.74) is 0. The van der Waals surface area contributed by atoms with Gasteiger partial charge in [-0.3, -0.25) is 0 Å². The monoisotopic (exact) mass is 237 g/mol. The van der Waals surface area contributed by atoms with E-state index in [-0.39, 0.29) is 29.6 Å². The molecule has 7 heavy (non-hydrogen) atoms. The van der Waals surface area contributed by atoms with Crippen molar-refractivity contribution in [2.75, 3.05) is 10.7 Å². The van der Waals surface area contributed by atoms with Gasteiger partial charge >= 0.3 is 0 Å². The van der Waals surface area contributed by atoms with E-state index in [4.69, 9.17) is 0 Å². The van der Waals surface area contributed by atoms with Crippen LogP contribution in [0.5, 0.6) is 0 Å². The first-order chi connectivity index (χ1) is 2.91. The minimum absolute atomic E-state index is 0. The third-order valence-corrected chi connectivity index (χ3v) is 1.64. The quantitative estimate of drug-likeness (QED) is 0.402. The van der Waals surface area contributed by atoms with Crippen LogP contribution in [-0.4, -0.2) is 40.2 Å². The summed E-state index contributed by atoms with van der Waals surface area (Å²) in [6.45, 7) is 0. The molecular weight excluding hydrogens is 231 g/mol. The van der Waals surface area contributed by atoms with Crippen LogP contribution in [-0.2, 0) is 0 Å². The van der Waals surface area contributed by atoms with Gasteiger partial charge in [0.1, 0.15) is 0 Å². The van der Waals surface area contributed by atoms with Crippen LogP contribution in [0.15, 0.2) is 0 Å². The van der Waals surface area contributed by atoms with Gasteiger partial charge in [-0.2, -0.15) is 0 Å². The van der Waals surface area contributed by atoms with Crippen LogP contribution in [0.4, 0.5) is 0 Å². The molecule has 0 unspecified atom stereocenters. The van der Waals surface area contributed by atoms with Crippen molar-refractivity contribution in [3.05, 3.63) is 0 Å². The molecule has 0 heterocycles. The summed E-state index contributed by atoms with van der Waals surface area (Å²) in [5.74, 6) is 0. The fraction of sp³-hybridized carbons (Fsp3) is 1.00. The first-order valence-corrected chi connectivity index (χ1v) is 4.28. The Morgan fingerprint density at radius 2 is 1.14 bits per heavy atom. The van der Waals surface area contributed by atoms with Gasteiger partial charge in [0.2, 0.25) is 0 Å². The van der Waals surface area contributed by atoms with Crippen molar-refractivity contribution in [1.29, 1.82) is 0 Å². The Bertz CT molecular complexity index is 21.7. The summed E-state index contributed by atoms with van der Waals surface area (Å²) in [6.07, 6.45) is 2.57. The van der Waals surface area contributed by atoms with E-state index in [1.807, 2.05) is 0 Å². The molecule has 0 aliphatic rings. The molecule has 0 nitrogen and oxygen atoms in total. The fourth-order valence-electron chi connectivity index (χ4n) is 0.189. The Hall–Kier alpha value is 1.96. The summed E-state index contributed by atoms with van der Waals surface area (Å²) >= 11 is 6.66. The summed E-state index contributed by atoms with van der Waals surface area (Å²) in [7, 11) is 0. The van der Waals surface area contributed by atoms with Crippen LogP contribution in [0.3, 0.4) is 0 Å². The Labute approximate surface area is 84.0 Å². The van der Waals surface area contributed by atoms with Crippen molar-refractivity contribution < 1.29 is 0 Å². The molecule has 0 N–H and O–H groups in total. The average molecular weight is 239 g/mol. The van der Waals surface area contributed by atoms with Crippen LogP contribution in [0.25, 0.3) is 0 Å². The third kappa shape index (κ3) is 11.5. The first-order valence-electron chi connectivity index (χ1n) is 2.03. The van der Waals surface area contributed by atoms with Crippen LogP contribution in [0, 0.1) is 0 Å². The summed E-state index contributed by atoms with van der Waals surface area (Å²) in [6, 6.07) is 0. The van der Waals surface area contributed by atoms with Crippen molar-refractivity contribution in [1.82, 2.24) is 0 Å². The van der Waals surface area contributed by atoms with E-state index in [0.29, 0.717) is 0 Å². The van der Waals surface area contributed by atoms with Gasteiger partial charge in [0.25, 0.3) is 0 Å². The van der Waals surface area contributed by atoms with E-state index in [1.165, 1.54) is 12.8 Å². The van der Waals surface area contributed by atoms with Gasteiger partial charge in [0, 0.05) is 40.2 Å². The van der Waals surface area contributed by atoms with Crippen molar-refractivity contribution in [2.45, 2.75) is 12.8 Å². The van der Waals surface area contributed by atoms with E-state index in [1.54, 1.807) is 0 Å². The van der Waals surface area contributed by atoms with Gasteiger partial charge < -0.3 is 0 Å². The molecule has 0 aromatic heterocycles. The standard InChI is InChI=1S/C4H8Br2.Na/c5-3-1-2-4-6;/h1-4H2;. The minimum Gasteiger partial charge on any atom is -0.0928 e. The molecule has 0 saturated heterocycles. The van der Waals surface area contributed by atoms with Gasteiger partial charge in [0.05, 0.1) is 0 Å². The van der Waals surface area contributed by atoms with Crippen molar-refractivity contribution in [3.8, 4) is 0 Å². The molecular formula is C4H8Br2Na. The molecule has 0 aliphatic carbocycles. The van der Waals surface area contributed by atoms with E-state index in [9.17, 15) is 0 Å². The van der Waals surface area contributed by atoms with Crippen LogP contribution in [0.1, 0.15) is 12.8 Å². The Balaban J connectivity index is 0. The summed E-state index contributed by atoms with van der Waals surface area (Å²) < 4.78 is 0. The average Bonchev–Trinajstić information content (AvgIpc) is 1.61. The smallest absolute Gasteiger partial charge is 0.00315 e. The summed E-state index contributed by atoms with van der Waals surface area (Å²) in [5, 5.41) is 2.28. The number of halogens is 2. The number of hydrogen-bond acceptors (Lipinski definition) is 0. The zero-order chi connectivity index (χ0) is 4.83. The molecule has 0 bridgehead atoms. The SMILES string of the molecule is BrCCCCBr.[Na]. The van der Waals surface area contributed by atoms with Crippen molar-refractivity contribution >= 4 is 61.4 Å². The number of alkyl halides is 2. The Kier molecular flexibility index (Phi) is 18.2. The molecule has 1 radical (unpaired) electrons. The van der Waals surface area contributed by atoms with Gasteiger partial charge in [-0.15, -0.1) is 0 Å². The predicted octanol–water partition coefficient (Wildman–Crippen LogP) is 2.18. The van der Waals surface area contributed by atoms with Crippen LogP contribution < -0.4 is 0 Å². The van der Waals surface area contributed by atoms with Gasteiger partial charge in [-0.05, 0) is 12.8 Å². The first kappa shape index (κ1) is 11.7. The van der Waals surface area contributed by atoms with E-state index in [2.05, 4.69) is 31.9 Å². The number of hydrogen-bond donors (Lipinski definition) is 0. The minimum atomic E-state index is 0. The molecule has 39 valence electrons. The normalized spacial score (nSPS) is 7.71. The second-order valence-electron chi connectivity index (χ2n) is 1.09. The predicted molar refractivity (Wildman–Crippen MR) is 42.6 cm³/mol. The molecule has 3 heteroatoms. The second kappa shape index (κ2) is 10.9. The molecule has 0 saturated carbocycles. The maximum absolute atomic E-state index is 3.33. The number of rotatable bonds is 3. The van der Waals surface area contributed by atoms with Crippen LogP contribution in [0.2, 0.25) is 0 Å². The Morgan fingerprint density at radius 1 is 0.857 bits per heavy atom. The maximum atomic E-state index is 3.33. The van der Waals surface area contributed by atoms with E-state index >= 15 is 0 Å².